The maximum absolute atomic E-state index is 12.0. The molecule has 5 heteroatoms. The summed E-state index contributed by atoms with van der Waals surface area (Å²) in [5.74, 6) is -1.16. The van der Waals surface area contributed by atoms with Gasteiger partial charge in [0.2, 0.25) is 0 Å². The highest BCUT2D eigenvalue weighted by Crippen LogP contribution is 2.20. The molecule has 0 atom stereocenters. The van der Waals surface area contributed by atoms with Gasteiger partial charge in [0.15, 0.2) is 0 Å². The van der Waals surface area contributed by atoms with Crippen LogP contribution in [-0.2, 0) is 9.59 Å². The molecule has 5 nitrogen and oxygen atoms in total. The molecule has 0 spiro atoms. The van der Waals surface area contributed by atoms with Crippen molar-refractivity contribution in [3.05, 3.63) is 36.5 Å². The number of carbonyl (C=O) groups excluding carboxylic acids is 2. The van der Waals surface area contributed by atoms with E-state index in [0.29, 0.717) is 24.3 Å². The summed E-state index contributed by atoms with van der Waals surface area (Å²) in [6.45, 7) is 4.70. The number of benzene rings is 1. The third kappa shape index (κ3) is 2.77. The lowest BCUT2D eigenvalue weighted by Crippen LogP contribution is -2.39. The Morgan fingerprint density at radius 3 is 2.55 bits per heavy atom. The van der Waals surface area contributed by atoms with E-state index in [1.807, 2.05) is 38.1 Å². The zero-order valence-electron chi connectivity index (χ0n) is 11.6. The van der Waals surface area contributed by atoms with Crippen LogP contribution in [0.2, 0.25) is 0 Å². The van der Waals surface area contributed by atoms with Gasteiger partial charge in [-0.2, -0.15) is 0 Å². The van der Waals surface area contributed by atoms with Crippen LogP contribution < -0.4 is 5.32 Å². The fraction of sp³-hybridized carbons (Fsp3) is 0.267. The molecule has 0 bridgehead atoms. The lowest BCUT2D eigenvalue weighted by molar-refractivity contribution is -0.142. The first-order valence-electron chi connectivity index (χ1n) is 6.61. The van der Waals surface area contributed by atoms with E-state index in [1.54, 1.807) is 12.3 Å². The Kier molecular flexibility index (Phi) is 4.30. The largest absolute Gasteiger partial charge is 0.335 e. The highest BCUT2D eigenvalue weighted by molar-refractivity contribution is 6.40. The quantitative estimate of drug-likeness (QED) is 0.869. The Morgan fingerprint density at radius 1 is 1.15 bits per heavy atom. The molecule has 2 amide bonds. The summed E-state index contributed by atoms with van der Waals surface area (Å²) in [6.07, 6.45) is 1.66. The molecule has 1 heterocycles. The van der Waals surface area contributed by atoms with E-state index in [1.165, 1.54) is 4.90 Å². The number of hydrogen-bond donors (Lipinski definition) is 1. The number of rotatable bonds is 3. The SMILES string of the molecule is CCN(CC)C(=O)C(=O)Nc1cccc2cccnc12. The molecule has 0 saturated heterocycles. The van der Waals surface area contributed by atoms with E-state index < -0.39 is 11.8 Å². The van der Waals surface area contributed by atoms with Crippen LogP contribution in [0, 0.1) is 0 Å². The first-order chi connectivity index (χ1) is 9.67. The number of aromatic nitrogens is 1. The summed E-state index contributed by atoms with van der Waals surface area (Å²) in [7, 11) is 0. The number of likely N-dealkylation sites (N-methyl/N-ethyl adjacent to an activating group) is 1. The smallest absolute Gasteiger partial charge is 0.313 e. The lowest BCUT2D eigenvalue weighted by Gasteiger charge is -2.17. The average molecular weight is 271 g/mol. The van der Waals surface area contributed by atoms with Gasteiger partial charge < -0.3 is 10.2 Å². The van der Waals surface area contributed by atoms with E-state index in [-0.39, 0.29) is 0 Å². The van der Waals surface area contributed by atoms with Gasteiger partial charge in [-0.3, -0.25) is 14.6 Å². The van der Waals surface area contributed by atoms with E-state index in [2.05, 4.69) is 10.3 Å². The molecule has 104 valence electrons. The molecule has 0 radical (unpaired) electrons. The first kappa shape index (κ1) is 14.0. The van der Waals surface area contributed by atoms with Crippen LogP contribution in [0.4, 0.5) is 5.69 Å². The maximum atomic E-state index is 12.0. The number of amides is 2. The molecular formula is C15H17N3O2. The molecule has 0 unspecified atom stereocenters. The Morgan fingerprint density at radius 2 is 1.85 bits per heavy atom. The second kappa shape index (κ2) is 6.14. The molecule has 1 aromatic heterocycles. The van der Waals surface area contributed by atoms with Crippen LogP contribution in [0.5, 0.6) is 0 Å². The second-order valence-corrected chi connectivity index (χ2v) is 4.31. The average Bonchev–Trinajstić information content (AvgIpc) is 2.48. The number of carbonyl (C=O) groups is 2. The van der Waals surface area contributed by atoms with Gasteiger partial charge >= 0.3 is 11.8 Å². The summed E-state index contributed by atoms with van der Waals surface area (Å²) in [6, 6.07) is 9.20. The van der Waals surface area contributed by atoms with Crippen LogP contribution in [0.3, 0.4) is 0 Å². The number of nitrogens with zero attached hydrogens (tertiary/aromatic N) is 2. The molecule has 0 aliphatic rings. The van der Waals surface area contributed by atoms with E-state index in [0.717, 1.165) is 5.39 Å². The summed E-state index contributed by atoms with van der Waals surface area (Å²) in [5.41, 5.74) is 1.23. The van der Waals surface area contributed by atoms with Gasteiger partial charge in [0.25, 0.3) is 0 Å². The van der Waals surface area contributed by atoms with Gasteiger partial charge in [-0.1, -0.05) is 18.2 Å². The first-order valence-corrected chi connectivity index (χ1v) is 6.61. The van der Waals surface area contributed by atoms with Crippen LogP contribution in [0.1, 0.15) is 13.8 Å². The predicted molar refractivity (Wildman–Crippen MR) is 78.3 cm³/mol. The van der Waals surface area contributed by atoms with Gasteiger partial charge in [0.1, 0.15) is 0 Å². The molecule has 1 N–H and O–H groups in total. The van der Waals surface area contributed by atoms with E-state index >= 15 is 0 Å². The zero-order chi connectivity index (χ0) is 14.5. The fourth-order valence-electron chi connectivity index (χ4n) is 2.04. The highest BCUT2D eigenvalue weighted by Gasteiger charge is 2.20. The minimum Gasteiger partial charge on any atom is -0.335 e. The Hall–Kier alpha value is -2.43. The molecule has 2 aromatic rings. The van der Waals surface area contributed by atoms with Gasteiger partial charge in [-0.15, -0.1) is 0 Å². The van der Waals surface area contributed by atoms with Crippen molar-refractivity contribution in [3.63, 3.8) is 0 Å². The van der Waals surface area contributed by atoms with Crippen molar-refractivity contribution in [2.75, 3.05) is 18.4 Å². The second-order valence-electron chi connectivity index (χ2n) is 4.31. The number of hydrogen-bond acceptors (Lipinski definition) is 3. The lowest BCUT2D eigenvalue weighted by atomic mass is 10.2. The van der Waals surface area contributed by atoms with Crippen LogP contribution in [0.15, 0.2) is 36.5 Å². The van der Waals surface area contributed by atoms with E-state index in [9.17, 15) is 9.59 Å². The molecule has 0 saturated carbocycles. The number of pyridine rings is 1. The minimum absolute atomic E-state index is 0.510. The maximum Gasteiger partial charge on any atom is 0.313 e. The molecular weight excluding hydrogens is 254 g/mol. The van der Waals surface area contributed by atoms with E-state index in [4.69, 9.17) is 0 Å². The van der Waals surface area contributed by atoms with Crippen molar-refractivity contribution >= 4 is 28.4 Å². The number of para-hydroxylation sites is 1. The summed E-state index contributed by atoms with van der Waals surface area (Å²) in [5, 5.41) is 3.56. The van der Waals surface area contributed by atoms with Gasteiger partial charge in [0, 0.05) is 24.7 Å². The number of fused-ring (bicyclic) bond motifs is 1. The van der Waals surface area contributed by atoms with Crippen LogP contribution in [-0.4, -0.2) is 34.8 Å². The van der Waals surface area contributed by atoms with Crippen molar-refractivity contribution in [1.29, 1.82) is 0 Å². The monoisotopic (exact) mass is 271 g/mol. The normalized spacial score (nSPS) is 10.3. The zero-order valence-corrected chi connectivity index (χ0v) is 11.6. The standard InChI is InChI=1S/C15H17N3O2/c1-3-18(4-2)15(20)14(19)17-12-9-5-7-11-8-6-10-16-13(11)12/h5-10H,3-4H2,1-2H3,(H,17,19). The van der Waals surface area contributed by atoms with Crippen molar-refractivity contribution in [1.82, 2.24) is 9.88 Å². The van der Waals surface area contributed by atoms with Crippen LogP contribution >= 0.6 is 0 Å². The van der Waals surface area contributed by atoms with Gasteiger partial charge in [0.05, 0.1) is 11.2 Å². The molecule has 0 aliphatic heterocycles. The van der Waals surface area contributed by atoms with Crippen LogP contribution in [0.25, 0.3) is 10.9 Å². The third-order valence-corrected chi connectivity index (χ3v) is 3.13. The highest BCUT2D eigenvalue weighted by atomic mass is 16.2. The number of nitrogens with one attached hydrogen (secondary N) is 1. The molecule has 0 fully saturated rings. The Labute approximate surface area is 117 Å². The Balaban J connectivity index is 2.24. The van der Waals surface area contributed by atoms with Crippen molar-refractivity contribution in [2.24, 2.45) is 0 Å². The number of anilines is 1. The predicted octanol–water partition coefficient (Wildman–Crippen LogP) is 2.04. The molecule has 2 rings (SSSR count). The minimum atomic E-state index is -0.633. The summed E-state index contributed by atoms with van der Waals surface area (Å²) >= 11 is 0. The molecule has 20 heavy (non-hydrogen) atoms. The van der Waals surface area contributed by atoms with Crippen molar-refractivity contribution in [2.45, 2.75) is 13.8 Å². The van der Waals surface area contributed by atoms with Crippen molar-refractivity contribution in [3.8, 4) is 0 Å². The topological polar surface area (TPSA) is 62.3 Å². The Bertz CT molecular complexity index is 631. The van der Waals surface area contributed by atoms with Gasteiger partial charge in [-0.25, -0.2) is 0 Å². The van der Waals surface area contributed by atoms with Crippen molar-refractivity contribution < 1.29 is 9.59 Å². The van der Waals surface area contributed by atoms with Gasteiger partial charge in [-0.05, 0) is 26.0 Å². The summed E-state index contributed by atoms with van der Waals surface area (Å²) in [4.78, 5) is 29.6. The molecule has 0 aliphatic carbocycles. The third-order valence-electron chi connectivity index (χ3n) is 3.13. The molecule has 1 aromatic carbocycles. The summed E-state index contributed by atoms with van der Waals surface area (Å²) < 4.78 is 0. The fourth-order valence-corrected chi connectivity index (χ4v) is 2.04.